The number of hydrogen-bond donors (Lipinski definition) is 0. The lowest BCUT2D eigenvalue weighted by Crippen LogP contribution is -2.42. The zero-order valence-corrected chi connectivity index (χ0v) is 19.3. The molecule has 0 spiro atoms. The van der Waals surface area contributed by atoms with Gasteiger partial charge in [0.05, 0.1) is 0 Å². The van der Waals surface area contributed by atoms with Gasteiger partial charge in [-0.15, -0.1) is 0 Å². The Labute approximate surface area is 163 Å². The van der Waals surface area contributed by atoms with Gasteiger partial charge >= 0.3 is 0 Å². The Morgan fingerprint density at radius 3 is 1.96 bits per heavy atom. The fourth-order valence-corrected chi connectivity index (χ4v) is 7.90. The third-order valence-electron chi connectivity index (χ3n) is 5.40. The average molecular weight is 379 g/mol. The van der Waals surface area contributed by atoms with Gasteiger partial charge in [-0.2, -0.15) is 0 Å². The molecule has 3 nitrogen and oxygen atoms in total. The molecule has 0 saturated heterocycles. The van der Waals surface area contributed by atoms with Crippen LogP contribution in [0, 0.1) is 5.41 Å². The number of benzene rings is 1. The molecule has 0 aliphatic heterocycles. The summed E-state index contributed by atoms with van der Waals surface area (Å²) in [5, 5.41) is 0. The molecule has 0 heterocycles. The molecule has 0 bridgehead atoms. The molecule has 0 N–H and O–H groups in total. The van der Waals surface area contributed by atoms with E-state index in [1.165, 1.54) is 30.5 Å². The Bertz CT molecular complexity index is 480. The summed E-state index contributed by atoms with van der Waals surface area (Å²) in [4.78, 5) is 4.63. The van der Waals surface area contributed by atoms with Crippen molar-refractivity contribution < 1.29 is 4.43 Å². The smallest absolute Gasteiger partial charge is 0.190 e. The highest BCUT2D eigenvalue weighted by Gasteiger charge is 2.38. The fraction of sp³-hybridized carbons (Fsp3) is 0.727. The molecular weight excluding hydrogens is 336 g/mol. The molecule has 0 aliphatic rings. The monoisotopic (exact) mass is 378 g/mol. The van der Waals surface area contributed by atoms with E-state index in [1.807, 2.05) is 0 Å². The second kappa shape index (κ2) is 11.2. The first-order chi connectivity index (χ1) is 12.2. The van der Waals surface area contributed by atoms with Gasteiger partial charge in [-0.05, 0) is 97.1 Å². The molecule has 1 aromatic carbocycles. The summed E-state index contributed by atoms with van der Waals surface area (Å²) in [5.74, 6) is 0. The van der Waals surface area contributed by atoms with Crippen molar-refractivity contribution in [2.75, 3.05) is 47.9 Å². The molecule has 0 fully saturated rings. The lowest BCUT2D eigenvalue weighted by atomic mass is 9.85. The molecule has 1 rings (SSSR count). The van der Waals surface area contributed by atoms with E-state index in [9.17, 15) is 0 Å². The highest BCUT2D eigenvalue weighted by Crippen LogP contribution is 2.38. The van der Waals surface area contributed by atoms with E-state index in [-0.39, 0.29) is 0 Å². The maximum absolute atomic E-state index is 6.47. The Balaban J connectivity index is 2.83. The highest BCUT2D eigenvalue weighted by molar-refractivity contribution is 6.72. The van der Waals surface area contributed by atoms with Crippen LogP contribution in [0.2, 0.25) is 18.6 Å². The number of aryl methyl sites for hydroxylation is 1. The van der Waals surface area contributed by atoms with Crippen LogP contribution in [0.4, 0.5) is 0 Å². The topological polar surface area (TPSA) is 15.7 Å². The SMILES string of the molecule is CCO[Si](C)(CCc1ccccc1)CC(C)(CCN(C)C)CCN(C)C. The van der Waals surface area contributed by atoms with Crippen LogP contribution in [0.3, 0.4) is 0 Å². The minimum atomic E-state index is -1.75. The van der Waals surface area contributed by atoms with Crippen LogP contribution in [0.15, 0.2) is 30.3 Å². The van der Waals surface area contributed by atoms with Crippen molar-refractivity contribution in [3.63, 3.8) is 0 Å². The van der Waals surface area contributed by atoms with Crippen molar-refractivity contribution in [2.45, 2.75) is 51.7 Å². The molecular formula is C22H42N2OSi. The Kier molecular flexibility index (Phi) is 10.1. The van der Waals surface area contributed by atoms with Crippen LogP contribution in [-0.2, 0) is 10.8 Å². The van der Waals surface area contributed by atoms with Gasteiger partial charge < -0.3 is 14.2 Å². The van der Waals surface area contributed by atoms with Crippen LogP contribution >= 0.6 is 0 Å². The third-order valence-corrected chi connectivity index (χ3v) is 9.30. The largest absolute Gasteiger partial charge is 0.417 e. The summed E-state index contributed by atoms with van der Waals surface area (Å²) < 4.78 is 6.47. The second-order valence-electron chi connectivity index (χ2n) is 8.96. The van der Waals surface area contributed by atoms with Crippen molar-refractivity contribution in [3.8, 4) is 0 Å². The molecule has 0 aromatic heterocycles. The van der Waals surface area contributed by atoms with Gasteiger partial charge in [-0.1, -0.05) is 37.3 Å². The second-order valence-corrected chi connectivity index (χ2v) is 13.0. The normalized spacial score (nSPS) is 14.8. The van der Waals surface area contributed by atoms with E-state index in [1.54, 1.807) is 0 Å². The summed E-state index contributed by atoms with van der Waals surface area (Å²) in [6.45, 7) is 10.3. The summed E-state index contributed by atoms with van der Waals surface area (Å²) in [6.07, 6.45) is 3.63. The maximum Gasteiger partial charge on any atom is 0.190 e. The molecule has 0 radical (unpaired) electrons. The highest BCUT2D eigenvalue weighted by atomic mass is 28.4. The van der Waals surface area contributed by atoms with Gasteiger partial charge in [0, 0.05) is 6.61 Å². The lowest BCUT2D eigenvalue weighted by Gasteiger charge is -2.39. The quantitative estimate of drug-likeness (QED) is 0.461. The predicted octanol–water partition coefficient (Wildman–Crippen LogP) is 4.75. The molecule has 0 aliphatic carbocycles. The molecule has 26 heavy (non-hydrogen) atoms. The summed E-state index contributed by atoms with van der Waals surface area (Å²) in [5.41, 5.74) is 1.79. The molecule has 0 amide bonds. The minimum Gasteiger partial charge on any atom is -0.417 e. The van der Waals surface area contributed by atoms with Gasteiger partial charge in [0.2, 0.25) is 0 Å². The molecule has 4 heteroatoms. The maximum atomic E-state index is 6.47. The van der Waals surface area contributed by atoms with Crippen molar-refractivity contribution in [1.29, 1.82) is 0 Å². The van der Waals surface area contributed by atoms with Crippen molar-refractivity contribution in [3.05, 3.63) is 35.9 Å². The van der Waals surface area contributed by atoms with Crippen molar-refractivity contribution >= 4 is 8.32 Å². The lowest BCUT2D eigenvalue weighted by molar-refractivity contribution is 0.213. The van der Waals surface area contributed by atoms with Crippen molar-refractivity contribution in [2.24, 2.45) is 5.41 Å². The van der Waals surface area contributed by atoms with E-state index < -0.39 is 8.32 Å². The summed E-state index contributed by atoms with van der Waals surface area (Å²) >= 11 is 0. The molecule has 1 atom stereocenters. The Morgan fingerprint density at radius 1 is 0.962 bits per heavy atom. The molecule has 1 aromatic rings. The van der Waals surface area contributed by atoms with Gasteiger partial charge in [-0.25, -0.2) is 0 Å². The zero-order valence-electron chi connectivity index (χ0n) is 18.3. The number of nitrogens with zero attached hydrogens (tertiary/aromatic N) is 2. The van der Waals surface area contributed by atoms with E-state index >= 15 is 0 Å². The first kappa shape index (κ1) is 23.4. The van der Waals surface area contributed by atoms with E-state index in [0.29, 0.717) is 5.41 Å². The van der Waals surface area contributed by atoms with Gasteiger partial charge in [0.1, 0.15) is 0 Å². The van der Waals surface area contributed by atoms with E-state index in [2.05, 4.69) is 88.7 Å². The van der Waals surface area contributed by atoms with Crippen LogP contribution in [0.25, 0.3) is 0 Å². The fourth-order valence-electron chi connectivity index (χ4n) is 3.81. The minimum absolute atomic E-state index is 0.349. The Hall–Kier alpha value is -0.683. The van der Waals surface area contributed by atoms with Crippen LogP contribution < -0.4 is 0 Å². The first-order valence-electron chi connectivity index (χ1n) is 10.2. The van der Waals surface area contributed by atoms with Crippen LogP contribution in [0.5, 0.6) is 0 Å². The number of hydrogen-bond acceptors (Lipinski definition) is 3. The Morgan fingerprint density at radius 2 is 1.50 bits per heavy atom. The molecule has 0 saturated carbocycles. The predicted molar refractivity (Wildman–Crippen MR) is 117 cm³/mol. The first-order valence-corrected chi connectivity index (χ1v) is 13.0. The van der Waals surface area contributed by atoms with E-state index in [4.69, 9.17) is 4.43 Å². The summed E-state index contributed by atoms with van der Waals surface area (Å²) in [6, 6.07) is 13.4. The van der Waals surface area contributed by atoms with Gasteiger partial charge in [-0.3, -0.25) is 0 Å². The molecule has 1 unspecified atom stereocenters. The van der Waals surface area contributed by atoms with Gasteiger partial charge in [0.15, 0.2) is 8.32 Å². The zero-order chi connectivity index (χ0) is 19.6. The number of rotatable bonds is 13. The van der Waals surface area contributed by atoms with Crippen LogP contribution in [-0.4, -0.2) is 66.0 Å². The van der Waals surface area contributed by atoms with Crippen molar-refractivity contribution in [1.82, 2.24) is 9.80 Å². The molecule has 150 valence electrons. The summed E-state index contributed by atoms with van der Waals surface area (Å²) in [7, 11) is 6.98. The standard InChI is InChI=1S/C22H42N2OSi/c1-8-25-26(7,19-14-21-12-10-9-11-13-21)20-22(2,15-17-23(3)4)16-18-24(5)6/h9-13H,8,14-20H2,1-7H3. The van der Waals surface area contributed by atoms with E-state index in [0.717, 1.165) is 26.1 Å². The van der Waals surface area contributed by atoms with Gasteiger partial charge in [0.25, 0.3) is 0 Å². The third kappa shape index (κ3) is 9.31. The van der Waals surface area contributed by atoms with Crippen LogP contribution in [0.1, 0.15) is 32.3 Å². The average Bonchev–Trinajstić information content (AvgIpc) is 2.58.